The van der Waals surface area contributed by atoms with Crippen LogP contribution >= 0.6 is 11.3 Å². The van der Waals surface area contributed by atoms with E-state index in [1.807, 2.05) is 13.8 Å². The van der Waals surface area contributed by atoms with Crippen LogP contribution in [0, 0.1) is 23.2 Å². The van der Waals surface area contributed by atoms with Crippen molar-refractivity contribution in [2.24, 2.45) is 23.2 Å². The third kappa shape index (κ3) is 2.75. The molecule has 2 atom stereocenters. The summed E-state index contributed by atoms with van der Waals surface area (Å²) in [6.45, 7) is 4.82. The zero-order chi connectivity index (χ0) is 18.8. The lowest BCUT2D eigenvalue weighted by molar-refractivity contribution is -0.127. The number of anilines is 1. The topological polar surface area (TPSA) is 64.6 Å². The smallest absolute Gasteiger partial charge is 0.341 e. The lowest BCUT2D eigenvalue weighted by Gasteiger charge is -2.31. The van der Waals surface area contributed by atoms with Gasteiger partial charge >= 0.3 is 5.97 Å². The van der Waals surface area contributed by atoms with Crippen molar-refractivity contribution in [3.8, 4) is 0 Å². The number of nitrogens with one attached hydrogen (secondary N) is 1. The third-order valence-electron chi connectivity index (χ3n) is 7.04. The Kier molecular flexibility index (Phi) is 4.13. The predicted octanol–water partition coefficient (Wildman–Crippen LogP) is 4.15. The Balaban J connectivity index is 1.46. The van der Waals surface area contributed by atoms with Crippen molar-refractivity contribution in [2.75, 3.05) is 11.9 Å². The molecule has 0 aromatic carbocycles. The van der Waals surface area contributed by atoms with E-state index in [1.54, 1.807) is 0 Å². The molecule has 4 bridgehead atoms. The summed E-state index contributed by atoms with van der Waals surface area (Å²) < 4.78 is 11.1. The molecule has 0 spiro atoms. The summed E-state index contributed by atoms with van der Waals surface area (Å²) in [7, 11) is 0. The Morgan fingerprint density at radius 2 is 1.96 bits per heavy atom. The monoisotopic (exact) mass is 389 g/mol. The number of fused-ring (bicyclic) bond motifs is 1. The molecule has 4 fully saturated rings. The van der Waals surface area contributed by atoms with Crippen LogP contribution in [0.1, 0.15) is 66.8 Å². The van der Waals surface area contributed by atoms with Gasteiger partial charge in [-0.25, -0.2) is 4.79 Å². The van der Waals surface area contributed by atoms with Crippen LogP contribution in [0.3, 0.4) is 0 Å². The highest BCUT2D eigenvalue weighted by Crippen LogP contribution is 2.65. The fourth-order valence-corrected chi connectivity index (χ4v) is 7.37. The highest BCUT2D eigenvalue weighted by Gasteiger charge is 2.61. The normalized spacial score (nSPS) is 33.4. The van der Waals surface area contributed by atoms with Crippen LogP contribution in [-0.2, 0) is 27.3 Å². The minimum Gasteiger partial charge on any atom is -0.459 e. The SMILES string of the molecule is CC(C)OC(=O)c1c(NC(=O)C23CC4CC(CC2C4)C3)sc2c1CCOC2. The maximum absolute atomic E-state index is 13.4. The van der Waals surface area contributed by atoms with Gasteiger partial charge in [0, 0.05) is 4.88 Å². The highest BCUT2D eigenvalue weighted by atomic mass is 32.1. The summed E-state index contributed by atoms with van der Waals surface area (Å²) in [5, 5.41) is 3.86. The molecule has 2 unspecified atom stereocenters. The first-order valence-electron chi connectivity index (χ1n) is 10.2. The van der Waals surface area contributed by atoms with Crippen LogP contribution in [0.4, 0.5) is 5.00 Å². The minimum absolute atomic E-state index is 0.135. The van der Waals surface area contributed by atoms with Crippen LogP contribution in [0.25, 0.3) is 0 Å². The number of carbonyl (C=O) groups excluding carboxylic acids is 2. The van der Waals surface area contributed by atoms with E-state index in [9.17, 15) is 9.59 Å². The van der Waals surface area contributed by atoms with Crippen LogP contribution in [0.5, 0.6) is 0 Å². The van der Waals surface area contributed by atoms with Gasteiger partial charge in [0.15, 0.2) is 0 Å². The molecule has 0 radical (unpaired) electrons. The highest BCUT2D eigenvalue weighted by molar-refractivity contribution is 7.17. The van der Waals surface area contributed by atoms with Crippen molar-refractivity contribution in [1.29, 1.82) is 0 Å². The average Bonchev–Trinajstić information content (AvgIpc) is 3.18. The van der Waals surface area contributed by atoms with E-state index in [0.29, 0.717) is 36.1 Å². The Morgan fingerprint density at radius 1 is 1.22 bits per heavy atom. The molecule has 1 N–H and O–H groups in total. The molecular formula is C21H27NO4S. The minimum atomic E-state index is -0.325. The first kappa shape index (κ1) is 17.7. The first-order valence-corrected chi connectivity index (χ1v) is 11.0. The number of hydrogen-bond acceptors (Lipinski definition) is 5. The second-order valence-corrected chi connectivity index (χ2v) is 10.2. The maximum atomic E-state index is 13.4. The van der Waals surface area contributed by atoms with Crippen molar-refractivity contribution in [3.05, 3.63) is 16.0 Å². The van der Waals surface area contributed by atoms with E-state index >= 15 is 0 Å². The predicted molar refractivity (Wildman–Crippen MR) is 103 cm³/mol. The van der Waals surface area contributed by atoms with E-state index in [4.69, 9.17) is 9.47 Å². The van der Waals surface area contributed by atoms with Gasteiger partial charge in [-0.2, -0.15) is 0 Å². The molecule has 5 aliphatic rings. The van der Waals surface area contributed by atoms with Crippen LogP contribution < -0.4 is 5.32 Å². The molecule has 0 saturated heterocycles. The molecule has 146 valence electrons. The van der Waals surface area contributed by atoms with Gasteiger partial charge in [-0.15, -0.1) is 11.3 Å². The Hall–Kier alpha value is -1.40. The zero-order valence-electron chi connectivity index (χ0n) is 16.0. The molecule has 1 amide bonds. The second kappa shape index (κ2) is 6.31. The van der Waals surface area contributed by atoms with Gasteiger partial charge in [0.2, 0.25) is 5.91 Å². The summed E-state index contributed by atoms with van der Waals surface area (Å²) in [4.78, 5) is 27.2. The van der Waals surface area contributed by atoms with Crippen molar-refractivity contribution in [2.45, 2.75) is 65.1 Å². The van der Waals surface area contributed by atoms with Crippen LogP contribution in [-0.4, -0.2) is 24.6 Å². The molecular weight excluding hydrogens is 362 g/mol. The standard InChI is InChI=1S/C21H27NO4S/c1-11(2)26-19(23)17-15-3-4-25-10-16(15)27-18(17)22-20(24)21-8-12-5-13(9-21)7-14(21)6-12/h11-14H,3-10H2,1-2H3,(H,22,24). The van der Waals surface area contributed by atoms with Crippen molar-refractivity contribution < 1.29 is 19.1 Å². The van der Waals surface area contributed by atoms with Gasteiger partial charge in [0.25, 0.3) is 0 Å². The number of esters is 1. The summed E-state index contributed by atoms with van der Waals surface area (Å²) in [5.41, 5.74) is 1.37. The summed E-state index contributed by atoms with van der Waals surface area (Å²) >= 11 is 1.49. The Morgan fingerprint density at radius 3 is 2.67 bits per heavy atom. The van der Waals surface area contributed by atoms with Crippen molar-refractivity contribution in [1.82, 2.24) is 0 Å². The van der Waals surface area contributed by atoms with Gasteiger partial charge in [0.05, 0.1) is 30.3 Å². The number of amides is 1. The second-order valence-electron chi connectivity index (χ2n) is 9.12. The largest absolute Gasteiger partial charge is 0.459 e. The van der Waals surface area contributed by atoms with Crippen LogP contribution in [0.2, 0.25) is 0 Å². The molecule has 4 saturated carbocycles. The molecule has 1 aromatic rings. The molecule has 1 aliphatic heterocycles. The molecule has 1 aromatic heterocycles. The van der Waals surface area contributed by atoms with E-state index in [0.717, 1.165) is 35.1 Å². The lowest BCUT2D eigenvalue weighted by Crippen LogP contribution is -2.37. The van der Waals surface area contributed by atoms with Crippen molar-refractivity contribution in [3.63, 3.8) is 0 Å². The molecule has 4 aliphatic carbocycles. The summed E-state index contributed by atoms with van der Waals surface area (Å²) in [6.07, 6.45) is 6.29. The van der Waals surface area contributed by atoms with Gasteiger partial charge in [-0.05, 0) is 75.7 Å². The van der Waals surface area contributed by atoms with Gasteiger partial charge in [-0.3, -0.25) is 4.79 Å². The molecule has 2 heterocycles. The van der Waals surface area contributed by atoms with E-state index in [2.05, 4.69) is 5.32 Å². The molecule has 6 rings (SSSR count). The van der Waals surface area contributed by atoms with E-state index < -0.39 is 0 Å². The number of thiophene rings is 1. The van der Waals surface area contributed by atoms with Crippen LogP contribution in [0.15, 0.2) is 0 Å². The number of rotatable bonds is 4. The Bertz CT molecular complexity index is 784. The van der Waals surface area contributed by atoms with Crippen molar-refractivity contribution >= 4 is 28.2 Å². The summed E-state index contributed by atoms with van der Waals surface area (Å²) in [5.74, 6) is 1.79. The fraction of sp³-hybridized carbons (Fsp3) is 0.714. The molecule has 5 nitrogen and oxygen atoms in total. The number of carbonyl (C=O) groups is 2. The first-order chi connectivity index (χ1) is 13.0. The Labute approximate surface area is 163 Å². The van der Waals surface area contributed by atoms with Gasteiger partial charge in [-0.1, -0.05) is 0 Å². The van der Waals surface area contributed by atoms with Gasteiger partial charge in [0.1, 0.15) is 5.00 Å². The summed E-state index contributed by atoms with van der Waals surface area (Å²) in [6, 6.07) is 0. The third-order valence-corrected chi connectivity index (χ3v) is 8.16. The molecule has 6 heteroatoms. The van der Waals surface area contributed by atoms with Gasteiger partial charge < -0.3 is 14.8 Å². The maximum Gasteiger partial charge on any atom is 0.341 e. The van der Waals surface area contributed by atoms with E-state index in [1.165, 1.54) is 30.6 Å². The number of ether oxygens (including phenoxy) is 2. The average molecular weight is 390 g/mol. The zero-order valence-corrected chi connectivity index (χ0v) is 16.8. The molecule has 27 heavy (non-hydrogen) atoms. The quantitative estimate of drug-likeness (QED) is 0.786. The van der Waals surface area contributed by atoms with E-state index in [-0.39, 0.29) is 23.4 Å². The fourth-order valence-electron chi connectivity index (χ4n) is 6.20. The number of hydrogen-bond donors (Lipinski definition) is 1. The lowest BCUT2D eigenvalue weighted by atomic mass is 9.75.